The lowest BCUT2D eigenvalue weighted by Crippen LogP contribution is -2.03. The maximum Gasteiger partial charge on any atom is 0.119 e. The molecular formula is C14H22O2. The zero-order chi connectivity index (χ0) is 12.1. The standard InChI is InChI=1S/C14H22O2/c1-5-7-16-12-8-10(3)14(11(4)9-12)13(15)6-2/h8-9,13,15H,5-7H2,1-4H3. The van der Waals surface area contributed by atoms with E-state index < -0.39 is 0 Å². The normalized spacial score (nSPS) is 12.6. The van der Waals surface area contributed by atoms with Crippen molar-refractivity contribution in [1.29, 1.82) is 0 Å². The van der Waals surface area contributed by atoms with Gasteiger partial charge < -0.3 is 9.84 Å². The molecule has 0 spiro atoms. The molecule has 1 aromatic carbocycles. The zero-order valence-electron chi connectivity index (χ0n) is 10.7. The van der Waals surface area contributed by atoms with E-state index in [1.165, 1.54) is 0 Å². The summed E-state index contributed by atoms with van der Waals surface area (Å²) >= 11 is 0. The van der Waals surface area contributed by atoms with Crippen molar-refractivity contribution in [3.8, 4) is 5.75 Å². The molecule has 0 aromatic heterocycles. The molecule has 0 aliphatic rings. The van der Waals surface area contributed by atoms with Crippen LogP contribution in [0.15, 0.2) is 12.1 Å². The molecule has 1 aromatic rings. The number of rotatable bonds is 5. The van der Waals surface area contributed by atoms with Crippen molar-refractivity contribution in [2.24, 2.45) is 0 Å². The first-order valence-corrected chi connectivity index (χ1v) is 6.02. The molecular weight excluding hydrogens is 200 g/mol. The molecule has 1 unspecified atom stereocenters. The first-order chi connectivity index (χ1) is 7.60. The summed E-state index contributed by atoms with van der Waals surface area (Å²) in [5.41, 5.74) is 3.27. The first-order valence-electron chi connectivity index (χ1n) is 6.02. The van der Waals surface area contributed by atoms with Gasteiger partial charge in [-0.2, -0.15) is 0 Å². The summed E-state index contributed by atoms with van der Waals surface area (Å²) in [6.45, 7) is 8.88. The lowest BCUT2D eigenvalue weighted by molar-refractivity contribution is 0.172. The molecule has 90 valence electrons. The Bertz CT molecular complexity index is 322. The van der Waals surface area contributed by atoms with Crippen LogP contribution in [0.2, 0.25) is 0 Å². The molecule has 1 rings (SSSR count). The molecule has 0 heterocycles. The predicted octanol–water partition coefficient (Wildman–Crippen LogP) is 3.54. The van der Waals surface area contributed by atoms with Crippen LogP contribution >= 0.6 is 0 Å². The van der Waals surface area contributed by atoms with E-state index in [1.54, 1.807) is 0 Å². The van der Waals surface area contributed by atoms with E-state index in [2.05, 4.69) is 6.92 Å². The molecule has 2 nitrogen and oxygen atoms in total. The highest BCUT2D eigenvalue weighted by molar-refractivity contribution is 5.42. The molecule has 16 heavy (non-hydrogen) atoms. The van der Waals surface area contributed by atoms with Crippen LogP contribution in [-0.4, -0.2) is 11.7 Å². The van der Waals surface area contributed by atoms with Crippen molar-refractivity contribution < 1.29 is 9.84 Å². The maximum atomic E-state index is 9.92. The average Bonchev–Trinajstić information content (AvgIpc) is 2.25. The number of aliphatic hydroxyl groups is 1. The molecule has 0 amide bonds. The SMILES string of the molecule is CCCOc1cc(C)c(C(O)CC)c(C)c1. The van der Waals surface area contributed by atoms with E-state index in [0.29, 0.717) is 0 Å². The molecule has 2 heteroatoms. The fourth-order valence-corrected chi connectivity index (χ4v) is 1.97. The van der Waals surface area contributed by atoms with Crippen LogP contribution in [0.4, 0.5) is 0 Å². The molecule has 1 N–H and O–H groups in total. The summed E-state index contributed by atoms with van der Waals surface area (Å²) in [6, 6.07) is 4.02. The van der Waals surface area contributed by atoms with Crippen molar-refractivity contribution in [2.75, 3.05) is 6.61 Å². The largest absolute Gasteiger partial charge is 0.494 e. The van der Waals surface area contributed by atoms with Crippen molar-refractivity contribution in [3.05, 3.63) is 28.8 Å². The first kappa shape index (κ1) is 13.0. The van der Waals surface area contributed by atoms with Gasteiger partial charge in [-0.25, -0.2) is 0 Å². The van der Waals surface area contributed by atoms with Gasteiger partial charge in [-0.3, -0.25) is 0 Å². The summed E-state index contributed by atoms with van der Waals surface area (Å²) in [5, 5.41) is 9.92. The van der Waals surface area contributed by atoms with Gasteiger partial charge >= 0.3 is 0 Å². The van der Waals surface area contributed by atoms with E-state index in [0.717, 1.165) is 41.9 Å². The second kappa shape index (κ2) is 5.90. The van der Waals surface area contributed by atoms with Gasteiger partial charge in [-0.05, 0) is 55.5 Å². The molecule has 0 saturated carbocycles. The van der Waals surface area contributed by atoms with Crippen LogP contribution in [0.25, 0.3) is 0 Å². The molecule has 0 aliphatic heterocycles. The summed E-state index contributed by atoms with van der Waals surface area (Å²) < 4.78 is 5.60. The molecule has 0 bridgehead atoms. The van der Waals surface area contributed by atoms with E-state index in [-0.39, 0.29) is 6.10 Å². The monoisotopic (exact) mass is 222 g/mol. The Hall–Kier alpha value is -1.02. The molecule has 1 atom stereocenters. The van der Waals surface area contributed by atoms with E-state index in [9.17, 15) is 5.11 Å². The number of aryl methyl sites for hydroxylation is 2. The molecule has 0 radical (unpaired) electrons. The predicted molar refractivity (Wildman–Crippen MR) is 67.0 cm³/mol. The van der Waals surface area contributed by atoms with Gasteiger partial charge in [-0.15, -0.1) is 0 Å². The van der Waals surface area contributed by atoms with Crippen molar-refractivity contribution in [2.45, 2.75) is 46.6 Å². The highest BCUT2D eigenvalue weighted by atomic mass is 16.5. The fraction of sp³-hybridized carbons (Fsp3) is 0.571. The number of benzene rings is 1. The van der Waals surface area contributed by atoms with Gasteiger partial charge in [0.05, 0.1) is 12.7 Å². The Morgan fingerprint density at radius 1 is 1.19 bits per heavy atom. The summed E-state index contributed by atoms with van der Waals surface area (Å²) in [7, 11) is 0. The topological polar surface area (TPSA) is 29.5 Å². The third-order valence-electron chi connectivity index (χ3n) is 2.76. The van der Waals surface area contributed by atoms with Crippen molar-refractivity contribution >= 4 is 0 Å². The van der Waals surface area contributed by atoms with Crippen molar-refractivity contribution in [1.82, 2.24) is 0 Å². The van der Waals surface area contributed by atoms with Gasteiger partial charge in [0.15, 0.2) is 0 Å². The quantitative estimate of drug-likeness (QED) is 0.825. The number of hydrogen-bond acceptors (Lipinski definition) is 2. The van der Waals surface area contributed by atoms with E-state index in [1.807, 2.05) is 32.9 Å². The van der Waals surface area contributed by atoms with Gasteiger partial charge in [0.2, 0.25) is 0 Å². The lowest BCUT2D eigenvalue weighted by atomic mass is 9.96. The molecule has 0 fully saturated rings. The number of hydrogen-bond donors (Lipinski definition) is 1. The van der Waals surface area contributed by atoms with E-state index >= 15 is 0 Å². The minimum absolute atomic E-state index is 0.361. The third kappa shape index (κ3) is 2.99. The Morgan fingerprint density at radius 2 is 1.75 bits per heavy atom. The minimum atomic E-state index is -0.361. The van der Waals surface area contributed by atoms with Crippen LogP contribution < -0.4 is 4.74 Å². The second-order valence-corrected chi connectivity index (χ2v) is 4.24. The van der Waals surface area contributed by atoms with Gasteiger partial charge in [0.1, 0.15) is 5.75 Å². The smallest absolute Gasteiger partial charge is 0.119 e. The third-order valence-corrected chi connectivity index (χ3v) is 2.76. The Morgan fingerprint density at radius 3 is 2.19 bits per heavy atom. The second-order valence-electron chi connectivity index (χ2n) is 4.24. The van der Waals surface area contributed by atoms with Crippen LogP contribution in [0, 0.1) is 13.8 Å². The average molecular weight is 222 g/mol. The summed E-state index contributed by atoms with van der Waals surface area (Å²) in [6.07, 6.45) is 1.40. The minimum Gasteiger partial charge on any atom is -0.494 e. The summed E-state index contributed by atoms with van der Waals surface area (Å²) in [4.78, 5) is 0. The maximum absolute atomic E-state index is 9.92. The number of ether oxygens (including phenoxy) is 1. The zero-order valence-corrected chi connectivity index (χ0v) is 10.7. The van der Waals surface area contributed by atoms with Crippen LogP contribution in [0.5, 0.6) is 5.75 Å². The highest BCUT2D eigenvalue weighted by Gasteiger charge is 2.12. The van der Waals surface area contributed by atoms with Crippen LogP contribution in [0.3, 0.4) is 0 Å². The number of aliphatic hydroxyl groups excluding tert-OH is 1. The Balaban J connectivity index is 2.98. The van der Waals surface area contributed by atoms with Gasteiger partial charge in [0, 0.05) is 0 Å². The Labute approximate surface area is 98.3 Å². The van der Waals surface area contributed by atoms with Crippen LogP contribution in [-0.2, 0) is 0 Å². The summed E-state index contributed by atoms with van der Waals surface area (Å²) in [5.74, 6) is 0.906. The Kier molecular flexibility index (Phi) is 4.81. The lowest BCUT2D eigenvalue weighted by Gasteiger charge is -2.17. The molecule has 0 saturated heterocycles. The van der Waals surface area contributed by atoms with Gasteiger partial charge in [0.25, 0.3) is 0 Å². The van der Waals surface area contributed by atoms with Crippen molar-refractivity contribution in [3.63, 3.8) is 0 Å². The van der Waals surface area contributed by atoms with Gasteiger partial charge in [-0.1, -0.05) is 13.8 Å². The van der Waals surface area contributed by atoms with Crippen LogP contribution in [0.1, 0.15) is 49.5 Å². The van der Waals surface area contributed by atoms with E-state index in [4.69, 9.17) is 4.74 Å². The molecule has 0 aliphatic carbocycles. The highest BCUT2D eigenvalue weighted by Crippen LogP contribution is 2.28. The fourth-order valence-electron chi connectivity index (χ4n) is 1.97.